The third-order valence-electron chi connectivity index (χ3n) is 6.17. The number of pyridine rings is 1. The lowest BCUT2D eigenvalue weighted by Crippen LogP contribution is -2.19. The maximum absolute atomic E-state index is 15.1. The number of amides is 1. The van der Waals surface area contributed by atoms with Crippen LogP contribution in [-0.4, -0.2) is 46.1 Å². The predicted molar refractivity (Wildman–Crippen MR) is 152 cm³/mol. The Morgan fingerprint density at radius 1 is 1.12 bits per heavy atom. The number of carbonyl (C=O) groups excluding carboxylic acids is 1. The second kappa shape index (κ2) is 11.5. The number of nitrogens with two attached hydrogens (primary N) is 1. The zero-order chi connectivity index (χ0) is 31.0. The molecule has 4 N–H and O–H groups in total. The normalized spacial score (nSPS) is 12.6. The monoisotopic (exact) mass is 599 g/mol. The number of fused-ring (bicyclic) bond motifs is 1. The summed E-state index contributed by atoms with van der Waals surface area (Å²) in [4.78, 5) is 16.9. The van der Waals surface area contributed by atoms with Crippen LogP contribution in [0.15, 0.2) is 42.5 Å². The summed E-state index contributed by atoms with van der Waals surface area (Å²) < 4.78 is 70.6. The molecule has 4 aromatic rings. The minimum absolute atomic E-state index is 0.0450. The number of benzene rings is 2. The second-order valence-corrected chi connectivity index (χ2v) is 12.2. The molecular weight excluding hydrogens is 571 g/mol. The molecule has 0 saturated heterocycles. The van der Waals surface area contributed by atoms with Gasteiger partial charge in [-0.15, -0.1) is 0 Å². The molecule has 0 bridgehead atoms. The van der Waals surface area contributed by atoms with Crippen molar-refractivity contribution in [2.45, 2.75) is 38.2 Å². The number of primary amides is 1. The van der Waals surface area contributed by atoms with E-state index in [-0.39, 0.29) is 46.5 Å². The van der Waals surface area contributed by atoms with Crippen LogP contribution in [0.4, 0.5) is 19.0 Å². The zero-order valence-corrected chi connectivity index (χ0v) is 24.0. The average Bonchev–Trinajstić information content (AvgIpc) is 3.16. The molecule has 2 aromatic heterocycles. The van der Waals surface area contributed by atoms with Gasteiger partial charge in [0.25, 0.3) is 0 Å². The van der Waals surface area contributed by atoms with E-state index in [0.717, 1.165) is 30.5 Å². The minimum atomic E-state index is -3.80. The van der Waals surface area contributed by atoms with Gasteiger partial charge < -0.3 is 10.8 Å². The highest BCUT2D eigenvalue weighted by Gasteiger charge is 2.26. The van der Waals surface area contributed by atoms with Crippen molar-refractivity contribution >= 4 is 32.7 Å². The first-order chi connectivity index (χ1) is 19.5. The summed E-state index contributed by atoms with van der Waals surface area (Å²) >= 11 is 0. The number of nitrogens with one attached hydrogen (secondary N) is 1. The Hall–Kier alpha value is -4.41. The summed E-state index contributed by atoms with van der Waals surface area (Å²) in [6.45, 7) is 2.98. The van der Waals surface area contributed by atoms with Gasteiger partial charge in [0.05, 0.1) is 22.9 Å². The molecule has 0 fully saturated rings. The average molecular weight is 600 g/mol. The van der Waals surface area contributed by atoms with Gasteiger partial charge in [-0.1, -0.05) is 5.92 Å². The first-order valence-electron chi connectivity index (χ1n) is 12.6. The van der Waals surface area contributed by atoms with Crippen molar-refractivity contribution in [3.63, 3.8) is 0 Å². The Morgan fingerprint density at radius 2 is 1.76 bits per heavy atom. The van der Waals surface area contributed by atoms with E-state index in [9.17, 15) is 27.1 Å². The number of nitrogens with zero attached hydrogens (tertiary/aromatic N) is 3. The lowest BCUT2D eigenvalue weighted by atomic mass is 9.87. The van der Waals surface area contributed by atoms with Crippen molar-refractivity contribution in [3.05, 3.63) is 76.9 Å². The van der Waals surface area contributed by atoms with Crippen LogP contribution in [0.3, 0.4) is 0 Å². The van der Waals surface area contributed by atoms with Crippen molar-refractivity contribution in [1.29, 1.82) is 0 Å². The number of rotatable bonds is 8. The summed E-state index contributed by atoms with van der Waals surface area (Å²) in [5.74, 6) is 1.36. The molecule has 1 atom stereocenters. The molecule has 0 unspecified atom stereocenters. The number of aryl methyl sites for hydroxylation is 1. The van der Waals surface area contributed by atoms with Crippen LogP contribution in [0.5, 0.6) is 0 Å². The summed E-state index contributed by atoms with van der Waals surface area (Å²) in [5.41, 5.74) is 5.95. The molecule has 2 heterocycles. The van der Waals surface area contributed by atoms with Crippen molar-refractivity contribution in [1.82, 2.24) is 14.8 Å². The number of hydrogen-bond donors (Lipinski definition) is 3. The van der Waals surface area contributed by atoms with Gasteiger partial charge in [-0.2, -0.15) is 5.10 Å². The standard InChI is InChI=1S/C29H28F3N5O4S/c1-29(2,39)10-9-20-5-6-21(22-7-8-23(32)25-27(22)37(3)35-28(25)36-42(4,40)41)26(34-20)17(14-24(33)38)11-16-12-18(30)15-19(31)13-16/h5-8,12-13,15,17,39H,11,14H2,1-4H3,(H2,33,38)(H,35,36)/t17-/m0/s1. The topological polar surface area (TPSA) is 140 Å². The van der Waals surface area contributed by atoms with Crippen LogP contribution in [0.2, 0.25) is 0 Å². The summed E-state index contributed by atoms with van der Waals surface area (Å²) in [7, 11) is -2.30. The van der Waals surface area contributed by atoms with Gasteiger partial charge in [-0.05, 0) is 68.2 Å². The number of hydrogen-bond acceptors (Lipinski definition) is 6. The van der Waals surface area contributed by atoms with Crippen LogP contribution in [0.25, 0.3) is 22.0 Å². The largest absolute Gasteiger partial charge is 0.378 e. The second-order valence-electron chi connectivity index (χ2n) is 10.5. The fourth-order valence-corrected chi connectivity index (χ4v) is 5.16. The lowest BCUT2D eigenvalue weighted by molar-refractivity contribution is -0.118. The molecular formula is C29H28F3N5O4S. The van der Waals surface area contributed by atoms with Gasteiger partial charge in [-0.25, -0.2) is 26.6 Å². The summed E-state index contributed by atoms with van der Waals surface area (Å²) in [6, 6.07) is 8.77. The molecule has 0 spiro atoms. The third kappa shape index (κ3) is 7.26. The molecule has 0 aliphatic carbocycles. The van der Waals surface area contributed by atoms with E-state index in [1.165, 1.54) is 31.6 Å². The Labute approximate surface area is 240 Å². The van der Waals surface area contributed by atoms with Crippen LogP contribution in [0, 0.1) is 29.3 Å². The van der Waals surface area contributed by atoms with Gasteiger partial charge in [0, 0.05) is 36.6 Å². The maximum Gasteiger partial charge on any atom is 0.231 e. The summed E-state index contributed by atoms with van der Waals surface area (Å²) in [5, 5.41) is 14.1. The van der Waals surface area contributed by atoms with Crippen molar-refractivity contribution in [2.24, 2.45) is 12.8 Å². The van der Waals surface area contributed by atoms with Crippen LogP contribution < -0.4 is 10.5 Å². The van der Waals surface area contributed by atoms with Crippen LogP contribution in [0.1, 0.15) is 43.1 Å². The smallest absolute Gasteiger partial charge is 0.231 e. The molecule has 0 radical (unpaired) electrons. The van der Waals surface area contributed by atoms with Crippen molar-refractivity contribution in [2.75, 3.05) is 11.0 Å². The maximum atomic E-state index is 15.1. The minimum Gasteiger partial charge on any atom is -0.378 e. The van der Waals surface area contributed by atoms with E-state index < -0.39 is 44.9 Å². The number of aromatic nitrogens is 3. The number of carbonyl (C=O) groups is 1. The predicted octanol–water partition coefficient (Wildman–Crippen LogP) is 3.75. The van der Waals surface area contributed by atoms with Gasteiger partial charge in [-0.3, -0.25) is 14.2 Å². The molecule has 1 amide bonds. The highest BCUT2D eigenvalue weighted by molar-refractivity contribution is 7.92. The Bertz CT molecular complexity index is 1850. The van der Waals surface area contributed by atoms with Gasteiger partial charge >= 0.3 is 0 Å². The van der Waals surface area contributed by atoms with Gasteiger partial charge in [0.1, 0.15) is 28.7 Å². The van der Waals surface area contributed by atoms with Gasteiger partial charge in [0.2, 0.25) is 15.9 Å². The third-order valence-corrected chi connectivity index (χ3v) is 6.73. The van der Waals surface area contributed by atoms with Crippen LogP contribution in [-0.2, 0) is 28.3 Å². The molecule has 0 aliphatic heterocycles. The highest BCUT2D eigenvalue weighted by Crippen LogP contribution is 2.39. The Morgan fingerprint density at radius 3 is 2.36 bits per heavy atom. The molecule has 9 nitrogen and oxygen atoms in total. The number of halogens is 3. The quantitative estimate of drug-likeness (QED) is 0.264. The SMILES string of the molecule is Cn1nc(NS(C)(=O)=O)c2c(F)ccc(-c3ccc(C#CC(C)(C)O)nc3[C@H](CC(N)=O)Cc3cc(F)cc(F)c3)c21. The number of aliphatic hydroxyl groups is 1. The Kier molecular flexibility index (Phi) is 8.34. The molecule has 13 heteroatoms. The molecule has 220 valence electrons. The van der Waals surface area contributed by atoms with Crippen LogP contribution >= 0.6 is 0 Å². The van der Waals surface area contributed by atoms with E-state index >= 15 is 4.39 Å². The van der Waals surface area contributed by atoms with Crippen molar-refractivity contribution < 1.29 is 31.5 Å². The number of sulfonamides is 1. The van der Waals surface area contributed by atoms with E-state index in [1.807, 2.05) is 0 Å². The molecule has 42 heavy (non-hydrogen) atoms. The molecule has 0 saturated carbocycles. The number of anilines is 1. The first-order valence-corrected chi connectivity index (χ1v) is 14.5. The van der Waals surface area contributed by atoms with Crippen molar-refractivity contribution in [3.8, 4) is 23.0 Å². The first kappa shape index (κ1) is 30.5. The fourth-order valence-electron chi connectivity index (χ4n) is 4.66. The zero-order valence-electron chi connectivity index (χ0n) is 23.2. The summed E-state index contributed by atoms with van der Waals surface area (Å²) in [6.07, 6.45) is 0.599. The van der Waals surface area contributed by atoms with Gasteiger partial charge in [0.15, 0.2) is 5.82 Å². The molecule has 2 aromatic carbocycles. The lowest BCUT2D eigenvalue weighted by Gasteiger charge is -2.20. The highest BCUT2D eigenvalue weighted by atomic mass is 32.2. The molecule has 4 rings (SSSR count). The van der Waals surface area contributed by atoms with E-state index in [4.69, 9.17) is 5.73 Å². The fraction of sp³-hybridized carbons (Fsp3) is 0.276. The molecule has 0 aliphatic rings. The van der Waals surface area contributed by atoms with E-state index in [2.05, 4.69) is 26.6 Å². The van der Waals surface area contributed by atoms with E-state index in [0.29, 0.717) is 11.1 Å². The van der Waals surface area contributed by atoms with E-state index in [1.54, 1.807) is 12.1 Å². The Balaban J connectivity index is 2.00.